The lowest BCUT2D eigenvalue weighted by Gasteiger charge is -2.09. The summed E-state index contributed by atoms with van der Waals surface area (Å²) in [5, 5.41) is 2.98. The van der Waals surface area contributed by atoms with Gasteiger partial charge < -0.3 is 14.8 Å². The van der Waals surface area contributed by atoms with Crippen LogP contribution < -0.4 is 10.1 Å². The van der Waals surface area contributed by atoms with Gasteiger partial charge >= 0.3 is 5.97 Å². The summed E-state index contributed by atoms with van der Waals surface area (Å²) < 4.78 is 10.1. The molecule has 1 aromatic heterocycles. The van der Waals surface area contributed by atoms with E-state index < -0.39 is 18.5 Å². The van der Waals surface area contributed by atoms with E-state index >= 15 is 0 Å². The number of aryl methyl sites for hydroxylation is 1. The molecule has 0 saturated carbocycles. The number of esters is 1. The number of hydrogen-bond acceptors (Lipinski definition) is 6. The van der Waals surface area contributed by atoms with Gasteiger partial charge in [-0.05, 0) is 44.2 Å². The minimum Gasteiger partial charge on any atom is -0.482 e. The third-order valence-corrected chi connectivity index (χ3v) is 4.02. The first-order valence-electron chi connectivity index (χ1n) is 7.78. The average molecular weight is 411 g/mol. The number of amides is 1. The molecule has 9 heteroatoms. The molecule has 1 aromatic carbocycles. The standard InChI is InChI=1S/C18H16Cl2N2O5/c1-10-14(19)7-15(20)18(21-10)22-16(24)8-27-17(25)9-26-13-5-3-12(4-6-13)11(2)23/h3-7H,8-9H2,1-2H3,(H,21,22,24). The molecule has 2 aromatic rings. The fraction of sp³-hybridized carbons (Fsp3) is 0.222. The Kier molecular flexibility index (Phi) is 7.15. The summed E-state index contributed by atoms with van der Waals surface area (Å²) >= 11 is 11.8. The lowest BCUT2D eigenvalue weighted by molar-refractivity contribution is -0.149. The number of carbonyl (C=O) groups is 3. The molecule has 1 N–H and O–H groups in total. The maximum atomic E-state index is 11.8. The number of pyridine rings is 1. The Hall–Kier alpha value is -2.64. The van der Waals surface area contributed by atoms with E-state index in [-0.39, 0.29) is 23.2 Å². The first-order chi connectivity index (χ1) is 12.8. The summed E-state index contributed by atoms with van der Waals surface area (Å²) in [6, 6.07) is 7.75. The highest BCUT2D eigenvalue weighted by Crippen LogP contribution is 2.25. The van der Waals surface area contributed by atoms with Gasteiger partial charge in [-0.1, -0.05) is 23.2 Å². The molecule has 0 spiro atoms. The van der Waals surface area contributed by atoms with Crippen molar-refractivity contribution in [2.45, 2.75) is 13.8 Å². The number of halogens is 2. The molecule has 0 fully saturated rings. The fourth-order valence-corrected chi connectivity index (χ4v) is 2.34. The van der Waals surface area contributed by atoms with Crippen molar-refractivity contribution in [3.8, 4) is 5.75 Å². The Balaban J connectivity index is 1.79. The normalized spacial score (nSPS) is 10.2. The van der Waals surface area contributed by atoms with E-state index in [2.05, 4.69) is 10.3 Å². The van der Waals surface area contributed by atoms with Crippen molar-refractivity contribution in [1.82, 2.24) is 4.98 Å². The van der Waals surface area contributed by atoms with E-state index in [0.29, 0.717) is 22.0 Å². The van der Waals surface area contributed by atoms with Gasteiger partial charge in [0.15, 0.2) is 24.8 Å². The number of carbonyl (C=O) groups excluding carboxylic acids is 3. The molecule has 1 amide bonds. The third kappa shape index (κ3) is 6.23. The highest BCUT2D eigenvalue weighted by atomic mass is 35.5. The van der Waals surface area contributed by atoms with Gasteiger partial charge in [-0.25, -0.2) is 9.78 Å². The molecule has 2 rings (SSSR count). The zero-order chi connectivity index (χ0) is 20.0. The first kappa shape index (κ1) is 20.7. The van der Waals surface area contributed by atoms with Crippen molar-refractivity contribution < 1.29 is 23.9 Å². The van der Waals surface area contributed by atoms with Crippen LogP contribution in [0.4, 0.5) is 5.82 Å². The van der Waals surface area contributed by atoms with Gasteiger partial charge in [0, 0.05) is 5.56 Å². The van der Waals surface area contributed by atoms with Crippen LogP contribution in [0.1, 0.15) is 23.0 Å². The van der Waals surface area contributed by atoms with E-state index in [9.17, 15) is 14.4 Å². The molecule has 1 heterocycles. The highest BCUT2D eigenvalue weighted by Gasteiger charge is 2.13. The number of aromatic nitrogens is 1. The number of ketones is 1. The molecular formula is C18H16Cl2N2O5. The maximum absolute atomic E-state index is 11.8. The Bertz CT molecular complexity index is 869. The molecule has 0 unspecified atom stereocenters. The lowest BCUT2D eigenvalue weighted by atomic mass is 10.1. The predicted octanol–water partition coefficient (Wildman–Crippen LogP) is 3.46. The second-order valence-electron chi connectivity index (χ2n) is 5.46. The van der Waals surface area contributed by atoms with Crippen LogP contribution in [-0.4, -0.2) is 35.9 Å². The van der Waals surface area contributed by atoms with Gasteiger partial charge in [-0.2, -0.15) is 0 Å². The molecule has 0 aliphatic heterocycles. The molecule has 0 atom stereocenters. The molecule has 0 aliphatic carbocycles. The van der Waals surface area contributed by atoms with Crippen LogP contribution in [0.2, 0.25) is 10.0 Å². The number of anilines is 1. The summed E-state index contributed by atoms with van der Waals surface area (Å²) in [5.74, 6) is -0.884. The number of nitrogens with zero attached hydrogens (tertiary/aromatic N) is 1. The minimum absolute atomic E-state index is 0.0718. The second-order valence-corrected chi connectivity index (χ2v) is 6.28. The fourth-order valence-electron chi connectivity index (χ4n) is 1.93. The van der Waals surface area contributed by atoms with Gasteiger partial charge in [-0.3, -0.25) is 9.59 Å². The smallest absolute Gasteiger partial charge is 0.344 e. The van der Waals surface area contributed by atoms with Gasteiger partial charge in [0.2, 0.25) is 0 Å². The third-order valence-electron chi connectivity index (χ3n) is 3.34. The molecule has 0 bridgehead atoms. The van der Waals surface area contributed by atoms with E-state index in [1.165, 1.54) is 13.0 Å². The number of hydrogen-bond donors (Lipinski definition) is 1. The first-order valence-corrected chi connectivity index (χ1v) is 8.53. The van der Waals surface area contributed by atoms with Crippen LogP contribution in [0, 0.1) is 6.92 Å². The SMILES string of the molecule is CC(=O)c1ccc(OCC(=O)OCC(=O)Nc2nc(C)c(Cl)cc2Cl)cc1. The Morgan fingerprint density at radius 3 is 2.37 bits per heavy atom. The van der Waals surface area contributed by atoms with Crippen molar-refractivity contribution in [2.75, 3.05) is 18.5 Å². The lowest BCUT2D eigenvalue weighted by Crippen LogP contribution is -2.24. The molecular weight excluding hydrogens is 395 g/mol. The van der Waals surface area contributed by atoms with E-state index in [4.69, 9.17) is 32.7 Å². The van der Waals surface area contributed by atoms with E-state index in [0.717, 1.165) is 0 Å². The van der Waals surface area contributed by atoms with Crippen LogP contribution in [0.3, 0.4) is 0 Å². The maximum Gasteiger partial charge on any atom is 0.344 e. The van der Waals surface area contributed by atoms with Crippen LogP contribution in [0.15, 0.2) is 30.3 Å². The quantitative estimate of drug-likeness (QED) is 0.554. The monoisotopic (exact) mass is 410 g/mol. The van der Waals surface area contributed by atoms with Crippen LogP contribution in [-0.2, 0) is 14.3 Å². The number of rotatable bonds is 7. The van der Waals surface area contributed by atoms with E-state index in [1.54, 1.807) is 31.2 Å². The van der Waals surface area contributed by atoms with Gasteiger partial charge in [0.05, 0.1) is 15.7 Å². The minimum atomic E-state index is -0.730. The number of ether oxygens (including phenoxy) is 2. The molecule has 27 heavy (non-hydrogen) atoms. The van der Waals surface area contributed by atoms with Gasteiger partial charge in [0.1, 0.15) is 5.75 Å². The van der Waals surface area contributed by atoms with Crippen molar-refractivity contribution in [3.05, 3.63) is 51.6 Å². The summed E-state index contributed by atoms with van der Waals surface area (Å²) in [6.45, 7) is 2.21. The van der Waals surface area contributed by atoms with Crippen molar-refractivity contribution in [1.29, 1.82) is 0 Å². The summed E-state index contributed by atoms with van der Waals surface area (Å²) in [6.07, 6.45) is 0. The van der Waals surface area contributed by atoms with Crippen LogP contribution in [0.5, 0.6) is 5.75 Å². The largest absolute Gasteiger partial charge is 0.482 e. The predicted molar refractivity (Wildman–Crippen MR) is 101 cm³/mol. The molecule has 0 aliphatic rings. The van der Waals surface area contributed by atoms with Gasteiger partial charge in [-0.15, -0.1) is 0 Å². The number of Topliss-reactive ketones (excluding diaryl/α,β-unsaturated/α-hetero) is 1. The molecule has 7 nitrogen and oxygen atoms in total. The summed E-state index contributed by atoms with van der Waals surface area (Å²) in [7, 11) is 0. The highest BCUT2D eigenvalue weighted by molar-refractivity contribution is 6.36. The van der Waals surface area contributed by atoms with Crippen LogP contribution >= 0.6 is 23.2 Å². The second kappa shape index (κ2) is 9.34. The molecule has 0 radical (unpaired) electrons. The molecule has 0 saturated heterocycles. The topological polar surface area (TPSA) is 94.6 Å². The average Bonchev–Trinajstić information content (AvgIpc) is 2.63. The van der Waals surface area contributed by atoms with Crippen molar-refractivity contribution in [3.63, 3.8) is 0 Å². The van der Waals surface area contributed by atoms with Crippen molar-refractivity contribution in [2.24, 2.45) is 0 Å². The number of benzene rings is 1. The van der Waals surface area contributed by atoms with Crippen LogP contribution in [0.25, 0.3) is 0 Å². The molecule has 142 valence electrons. The zero-order valence-corrected chi connectivity index (χ0v) is 16.1. The Labute approximate surface area is 165 Å². The van der Waals surface area contributed by atoms with Gasteiger partial charge in [0.25, 0.3) is 5.91 Å². The Morgan fingerprint density at radius 1 is 1.07 bits per heavy atom. The summed E-state index contributed by atoms with van der Waals surface area (Å²) in [4.78, 5) is 38.8. The summed E-state index contributed by atoms with van der Waals surface area (Å²) in [5.41, 5.74) is 1.03. The van der Waals surface area contributed by atoms with E-state index in [1.807, 2.05) is 0 Å². The Morgan fingerprint density at radius 2 is 1.74 bits per heavy atom. The van der Waals surface area contributed by atoms with Crippen molar-refractivity contribution >= 4 is 46.7 Å². The zero-order valence-electron chi connectivity index (χ0n) is 14.5. The number of nitrogens with one attached hydrogen (secondary N) is 1.